The Bertz CT molecular complexity index is 827. The third kappa shape index (κ3) is 2.40. The summed E-state index contributed by atoms with van der Waals surface area (Å²) in [5, 5.41) is 4.31. The van der Waals surface area contributed by atoms with E-state index in [2.05, 4.69) is 15.1 Å². The van der Waals surface area contributed by atoms with Crippen LogP contribution in [0.4, 0.5) is 11.8 Å². The monoisotopic (exact) mass is 299 g/mol. The maximum atomic E-state index is 5.93. The summed E-state index contributed by atoms with van der Waals surface area (Å²) in [6.45, 7) is 0.941. The van der Waals surface area contributed by atoms with E-state index in [1.165, 1.54) is 0 Å². The van der Waals surface area contributed by atoms with Gasteiger partial charge >= 0.3 is 0 Å². The highest BCUT2D eigenvalue weighted by atomic mass is 16.5. The highest BCUT2D eigenvalue weighted by Crippen LogP contribution is 2.24. The van der Waals surface area contributed by atoms with Crippen molar-refractivity contribution in [2.75, 3.05) is 18.6 Å². The lowest BCUT2D eigenvalue weighted by molar-refractivity contribution is 0.407. The van der Waals surface area contributed by atoms with Gasteiger partial charge in [-0.25, -0.2) is 4.98 Å². The Morgan fingerprint density at radius 2 is 2.05 bits per heavy atom. The predicted octanol–water partition coefficient (Wildman–Crippen LogP) is 0.506. The molecule has 0 fully saturated rings. The number of hydrogen-bond acceptors (Lipinski definition) is 7. The smallest absolute Gasteiger partial charge is 0.222 e. The Balaban J connectivity index is 2.04. The van der Waals surface area contributed by atoms with Crippen LogP contribution in [0.1, 0.15) is 11.1 Å². The molecule has 0 saturated heterocycles. The maximum absolute atomic E-state index is 5.93. The molecule has 0 aliphatic rings. The van der Waals surface area contributed by atoms with Gasteiger partial charge in [-0.2, -0.15) is 10.1 Å². The summed E-state index contributed by atoms with van der Waals surface area (Å²) >= 11 is 0. The summed E-state index contributed by atoms with van der Waals surface area (Å²) in [7, 11) is 1.62. The summed E-state index contributed by atoms with van der Waals surface area (Å²) in [4.78, 5) is 8.11. The molecule has 8 nitrogen and oxygen atoms in total. The lowest BCUT2D eigenvalue weighted by atomic mass is 10.1. The van der Waals surface area contributed by atoms with Gasteiger partial charge in [0.2, 0.25) is 5.95 Å². The minimum Gasteiger partial charge on any atom is -0.496 e. The molecule has 3 aromatic rings. The molecule has 0 atom stereocenters. The van der Waals surface area contributed by atoms with Crippen molar-refractivity contribution in [2.24, 2.45) is 5.73 Å². The Hall–Kier alpha value is -2.87. The molecule has 0 radical (unpaired) electrons. The van der Waals surface area contributed by atoms with Crippen molar-refractivity contribution in [1.82, 2.24) is 19.7 Å². The van der Waals surface area contributed by atoms with Crippen molar-refractivity contribution < 1.29 is 4.74 Å². The third-order valence-corrected chi connectivity index (χ3v) is 3.44. The second-order valence-electron chi connectivity index (χ2n) is 4.85. The third-order valence-electron chi connectivity index (χ3n) is 3.44. The molecule has 0 spiro atoms. The number of methoxy groups -OCH3 is 1. The van der Waals surface area contributed by atoms with Crippen LogP contribution in [0.5, 0.6) is 5.75 Å². The highest BCUT2D eigenvalue weighted by Gasteiger charge is 2.12. The molecule has 0 aliphatic carbocycles. The number of nitrogen functional groups attached to an aromatic ring is 2. The number of benzene rings is 1. The van der Waals surface area contributed by atoms with E-state index >= 15 is 0 Å². The Morgan fingerprint density at radius 1 is 1.23 bits per heavy atom. The first-order valence-electron chi connectivity index (χ1n) is 6.72. The van der Waals surface area contributed by atoms with Gasteiger partial charge in [0.15, 0.2) is 5.82 Å². The van der Waals surface area contributed by atoms with Crippen molar-refractivity contribution in [1.29, 1.82) is 0 Å². The second-order valence-corrected chi connectivity index (χ2v) is 4.85. The molecule has 0 aliphatic heterocycles. The first-order chi connectivity index (χ1) is 10.6. The Labute approximate surface area is 126 Å². The van der Waals surface area contributed by atoms with E-state index in [9.17, 15) is 0 Å². The Morgan fingerprint density at radius 3 is 2.77 bits per heavy atom. The van der Waals surface area contributed by atoms with Crippen LogP contribution < -0.4 is 21.9 Å². The molecular weight excluding hydrogens is 282 g/mol. The fourth-order valence-corrected chi connectivity index (χ4v) is 2.37. The molecule has 0 bridgehead atoms. The number of aromatic nitrogens is 4. The van der Waals surface area contributed by atoms with Gasteiger partial charge in [0.05, 0.1) is 19.9 Å². The average molecular weight is 299 g/mol. The van der Waals surface area contributed by atoms with Crippen LogP contribution in [0.15, 0.2) is 24.4 Å². The molecule has 3 rings (SSSR count). The van der Waals surface area contributed by atoms with Crippen molar-refractivity contribution in [3.63, 3.8) is 0 Å². The molecular formula is C14H17N7O. The van der Waals surface area contributed by atoms with E-state index < -0.39 is 0 Å². The van der Waals surface area contributed by atoms with E-state index in [0.29, 0.717) is 29.9 Å². The number of anilines is 2. The fourth-order valence-electron chi connectivity index (χ4n) is 2.37. The van der Waals surface area contributed by atoms with Gasteiger partial charge in [0.1, 0.15) is 16.8 Å². The van der Waals surface area contributed by atoms with Crippen LogP contribution in [0.3, 0.4) is 0 Å². The highest BCUT2D eigenvalue weighted by molar-refractivity contribution is 5.85. The molecule has 6 N–H and O–H groups in total. The molecule has 0 unspecified atom stereocenters. The largest absolute Gasteiger partial charge is 0.496 e. The SMILES string of the molecule is COc1cc(CN)ccc1Cn1ncc2nc(N)nc(N)c21. The van der Waals surface area contributed by atoms with E-state index in [0.717, 1.165) is 16.9 Å². The zero-order valence-corrected chi connectivity index (χ0v) is 12.2. The lowest BCUT2D eigenvalue weighted by Crippen LogP contribution is -2.07. The zero-order valence-electron chi connectivity index (χ0n) is 12.2. The van der Waals surface area contributed by atoms with Gasteiger partial charge in [-0.15, -0.1) is 0 Å². The van der Waals surface area contributed by atoms with Crippen LogP contribution in [0.2, 0.25) is 0 Å². The van der Waals surface area contributed by atoms with Crippen LogP contribution in [0.25, 0.3) is 11.0 Å². The van der Waals surface area contributed by atoms with Gasteiger partial charge in [0.25, 0.3) is 0 Å². The van der Waals surface area contributed by atoms with Gasteiger partial charge in [-0.3, -0.25) is 4.68 Å². The van der Waals surface area contributed by atoms with Crippen molar-refractivity contribution in [2.45, 2.75) is 13.1 Å². The second kappa shape index (κ2) is 5.49. The minimum absolute atomic E-state index is 0.134. The van der Waals surface area contributed by atoms with Gasteiger partial charge < -0.3 is 21.9 Å². The zero-order chi connectivity index (χ0) is 15.7. The van der Waals surface area contributed by atoms with Crippen molar-refractivity contribution in [3.8, 4) is 5.75 Å². The number of rotatable bonds is 4. The summed E-state index contributed by atoms with van der Waals surface area (Å²) in [5.74, 6) is 1.19. The Kier molecular flexibility index (Phi) is 3.51. The maximum Gasteiger partial charge on any atom is 0.222 e. The molecule has 0 amide bonds. The number of nitrogens with zero attached hydrogens (tertiary/aromatic N) is 4. The number of ether oxygens (including phenoxy) is 1. The predicted molar refractivity (Wildman–Crippen MR) is 84.1 cm³/mol. The minimum atomic E-state index is 0.134. The van der Waals surface area contributed by atoms with Crippen LogP contribution >= 0.6 is 0 Å². The number of nitrogens with two attached hydrogens (primary N) is 3. The molecule has 2 aromatic heterocycles. The lowest BCUT2D eigenvalue weighted by Gasteiger charge is -2.11. The molecule has 1 aromatic carbocycles. The molecule has 22 heavy (non-hydrogen) atoms. The topological polar surface area (TPSA) is 131 Å². The summed E-state index contributed by atoms with van der Waals surface area (Å²) in [6.07, 6.45) is 1.62. The molecule has 114 valence electrons. The van der Waals surface area contributed by atoms with E-state index in [4.69, 9.17) is 21.9 Å². The van der Waals surface area contributed by atoms with Gasteiger partial charge in [-0.1, -0.05) is 12.1 Å². The molecule has 0 saturated carbocycles. The first-order valence-corrected chi connectivity index (χ1v) is 6.72. The van der Waals surface area contributed by atoms with Crippen molar-refractivity contribution in [3.05, 3.63) is 35.5 Å². The van der Waals surface area contributed by atoms with Crippen LogP contribution in [-0.2, 0) is 13.1 Å². The summed E-state index contributed by atoms with van der Waals surface area (Å²) in [5.41, 5.74) is 20.4. The standard InChI is InChI=1S/C14H17N7O/c1-22-11-4-8(5-15)2-3-9(11)7-21-12-10(6-18-21)19-14(17)20-13(12)16/h2-4,6H,5,7,15H2,1H3,(H4,16,17,19,20). The van der Waals surface area contributed by atoms with Crippen molar-refractivity contribution >= 4 is 22.8 Å². The van der Waals surface area contributed by atoms with E-state index in [1.54, 1.807) is 18.0 Å². The van der Waals surface area contributed by atoms with E-state index in [1.807, 2.05) is 18.2 Å². The molecule has 8 heteroatoms. The van der Waals surface area contributed by atoms with E-state index in [-0.39, 0.29) is 5.95 Å². The average Bonchev–Trinajstić information content (AvgIpc) is 2.90. The first kappa shape index (κ1) is 14.1. The van der Waals surface area contributed by atoms with Crippen LogP contribution in [0, 0.1) is 0 Å². The van der Waals surface area contributed by atoms with Crippen LogP contribution in [-0.4, -0.2) is 26.9 Å². The molecule has 2 heterocycles. The van der Waals surface area contributed by atoms with Gasteiger partial charge in [-0.05, 0) is 11.6 Å². The number of fused-ring (bicyclic) bond motifs is 1. The van der Waals surface area contributed by atoms with Gasteiger partial charge in [0, 0.05) is 12.1 Å². The quantitative estimate of drug-likeness (QED) is 0.639. The summed E-state index contributed by atoms with van der Waals surface area (Å²) in [6, 6.07) is 5.84. The fraction of sp³-hybridized carbons (Fsp3) is 0.214. The number of hydrogen-bond donors (Lipinski definition) is 3. The normalized spacial score (nSPS) is 11.0. The summed E-state index contributed by atoms with van der Waals surface area (Å²) < 4.78 is 7.15.